The minimum Gasteiger partial charge on any atom is -0.367 e. The summed E-state index contributed by atoms with van der Waals surface area (Å²) < 4.78 is 0. The van der Waals surface area contributed by atoms with Crippen molar-refractivity contribution in [3.63, 3.8) is 0 Å². The van der Waals surface area contributed by atoms with Gasteiger partial charge >= 0.3 is 0 Å². The van der Waals surface area contributed by atoms with Gasteiger partial charge in [0.25, 0.3) is 0 Å². The SMILES string of the molecule is [CH2]CCC=CCN1CCc2ccccc21. The second-order valence-corrected chi connectivity index (χ2v) is 3.94. The molecule has 79 valence electrons. The van der Waals surface area contributed by atoms with Crippen LogP contribution in [-0.2, 0) is 6.42 Å². The Hall–Kier alpha value is -1.24. The topological polar surface area (TPSA) is 3.24 Å². The molecule has 0 spiro atoms. The molecule has 15 heavy (non-hydrogen) atoms. The molecule has 0 saturated heterocycles. The summed E-state index contributed by atoms with van der Waals surface area (Å²) in [6, 6.07) is 8.70. The first-order valence-corrected chi connectivity index (χ1v) is 5.69. The third kappa shape index (κ3) is 2.41. The Labute approximate surface area is 92.4 Å². The average molecular weight is 200 g/mol. The fraction of sp³-hybridized carbons (Fsp3) is 0.357. The Morgan fingerprint density at radius 2 is 2.13 bits per heavy atom. The molecule has 0 unspecified atom stereocenters. The van der Waals surface area contributed by atoms with E-state index in [0.29, 0.717) is 0 Å². The molecule has 1 nitrogen and oxygen atoms in total. The number of unbranched alkanes of at least 4 members (excludes halogenated alkanes) is 1. The van der Waals surface area contributed by atoms with E-state index in [0.717, 1.165) is 25.9 Å². The van der Waals surface area contributed by atoms with Crippen LogP contribution in [0.2, 0.25) is 0 Å². The Kier molecular flexibility index (Phi) is 3.44. The molecule has 0 N–H and O–H groups in total. The van der Waals surface area contributed by atoms with Crippen molar-refractivity contribution in [2.45, 2.75) is 19.3 Å². The zero-order valence-electron chi connectivity index (χ0n) is 9.15. The first-order valence-electron chi connectivity index (χ1n) is 5.69. The quantitative estimate of drug-likeness (QED) is 0.674. The van der Waals surface area contributed by atoms with Gasteiger partial charge < -0.3 is 4.90 Å². The maximum Gasteiger partial charge on any atom is 0.0402 e. The summed E-state index contributed by atoms with van der Waals surface area (Å²) in [5.41, 5.74) is 2.90. The standard InChI is InChI=1S/C14H18N/c1-2-3-4-7-11-15-12-10-13-8-5-6-9-14(13)15/h4-9H,1-3,10-12H2. The van der Waals surface area contributed by atoms with Crippen LogP contribution in [0.4, 0.5) is 5.69 Å². The Morgan fingerprint density at radius 3 is 3.00 bits per heavy atom. The summed E-state index contributed by atoms with van der Waals surface area (Å²) in [7, 11) is 0. The second-order valence-electron chi connectivity index (χ2n) is 3.94. The van der Waals surface area contributed by atoms with Gasteiger partial charge in [0, 0.05) is 18.8 Å². The molecule has 1 aromatic carbocycles. The van der Waals surface area contributed by atoms with Gasteiger partial charge in [0.15, 0.2) is 0 Å². The average Bonchev–Trinajstić information content (AvgIpc) is 2.68. The van der Waals surface area contributed by atoms with Crippen LogP contribution in [0.1, 0.15) is 18.4 Å². The first kappa shape index (κ1) is 10.3. The molecule has 0 atom stereocenters. The number of benzene rings is 1. The number of hydrogen-bond acceptors (Lipinski definition) is 1. The zero-order valence-corrected chi connectivity index (χ0v) is 9.15. The highest BCUT2D eigenvalue weighted by Gasteiger charge is 2.16. The van der Waals surface area contributed by atoms with E-state index < -0.39 is 0 Å². The van der Waals surface area contributed by atoms with Crippen LogP contribution in [0.5, 0.6) is 0 Å². The Bertz CT molecular complexity index is 341. The number of anilines is 1. The van der Waals surface area contributed by atoms with Gasteiger partial charge in [0.1, 0.15) is 0 Å². The Morgan fingerprint density at radius 1 is 1.27 bits per heavy atom. The van der Waals surface area contributed by atoms with Crippen molar-refractivity contribution < 1.29 is 0 Å². The summed E-state index contributed by atoms with van der Waals surface area (Å²) in [6.45, 7) is 6.03. The number of rotatable bonds is 4. The minimum absolute atomic E-state index is 0.993. The van der Waals surface area contributed by atoms with Gasteiger partial charge in [-0.3, -0.25) is 0 Å². The molecule has 1 aromatic rings. The van der Waals surface area contributed by atoms with Crippen molar-refractivity contribution in [2.24, 2.45) is 0 Å². The van der Waals surface area contributed by atoms with Crippen LogP contribution in [-0.4, -0.2) is 13.1 Å². The van der Waals surface area contributed by atoms with Crippen LogP contribution in [0, 0.1) is 6.92 Å². The maximum atomic E-state index is 3.83. The predicted octanol–water partition coefficient (Wildman–Crippen LogP) is 3.22. The smallest absolute Gasteiger partial charge is 0.0402 e. The first-order chi connectivity index (χ1) is 7.42. The van der Waals surface area contributed by atoms with Crippen LogP contribution < -0.4 is 4.90 Å². The van der Waals surface area contributed by atoms with E-state index in [-0.39, 0.29) is 0 Å². The van der Waals surface area contributed by atoms with E-state index in [1.54, 1.807) is 0 Å². The summed E-state index contributed by atoms with van der Waals surface area (Å²) in [5.74, 6) is 0. The molecule has 1 heterocycles. The number of para-hydroxylation sites is 1. The number of hydrogen-bond donors (Lipinski definition) is 0. The van der Waals surface area contributed by atoms with Gasteiger partial charge in [-0.05, 0) is 30.9 Å². The number of allylic oxidation sites excluding steroid dienone is 1. The highest BCUT2D eigenvalue weighted by atomic mass is 15.1. The highest BCUT2D eigenvalue weighted by Crippen LogP contribution is 2.26. The van der Waals surface area contributed by atoms with E-state index in [1.807, 2.05) is 0 Å². The lowest BCUT2D eigenvalue weighted by molar-refractivity contribution is 0.899. The number of fused-ring (bicyclic) bond motifs is 1. The number of nitrogens with zero attached hydrogens (tertiary/aromatic N) is 1. The Balaban J connectivity index is 1.96. The molecule has 0 amide bonds. The monoisotopic (exact) mass is 200 g/mol. The van der Waals surface area contributed by atoms with Gasteiger partial charge in [0.2, 0.25) is 0 Å². The molecule has 2 rings (SSSR count). The minimum atomic E-state index is 0.993. The summed E-state index contributed by atoms with van der Waals surface area (Å²) >= 11 is 0. The molecule has 0 aromatic heterocycles. The molecule has 0 bridgehead atoms. The molecule has 0 aliphatic carbocycles. The molecule has 0 fully saturated rings. The van der Waals surface area contributed by atoms with E-state index in [4.69, 9.17) is 0 Å². The van der Waals surface area contributed by atoms with Crippen molar-refractivity contribution >= 4 is 5.69 Å². The van der Waals surface area contributed by atoms with E-state index in [1.165, 1.54) is 17.7 Å². The van der Waals surface area contributed by atoms with E-state index in [2.05, 4.69) is 48.2 Å². The van der Waals surface area contributed by atoms with E-state index >= 15 is 0 Å². The van der Waals surface area contributed by atoms with Crippen molar-refractivity contribution in [1.82, 2.24) is 0 Å². The van der Waals surface area contributed by atoms with Gasteiger partial charge in [-0.15, -0.1) is 0 Å². The second kappa shape index (κ2) is 5.01. The third-order valence-corrected chi connectivity index (χ3v) is 2.85. The van der Waals surface area contributed by atoms with Gasteiger partial charge in [0.05, 0.1) is 0 Å². The van der Waals surface area contributed by atoms with Crippen LogP contribution in [0.15, 0.2) is 36.4 Å². The summed E-state index contributed by atoms with van der Waals surface area (Å²) in [6.07, 6.45) is 7.77. The molecule has 1 aliphatic rings. The molecule has 1 heteroatoms. The maximum absolute atomic E-state index is 3.83. The summed E-state index contributed by atoms with van der Waals surface area (Å²) in [4.78, 5) is 2.44. The molecule has 0 saturated carbocycles. The lowest BCUT2D eigenvalue weighted by Crippen LogP contribution is -2.19. The fourth-order valence-electron chi connectivity index (χ4n) is 2.03. The normalized spacial score (nSPS) is 14.9. The van der Waals surface area contributed by atoms with Crippen LogP contribution in [0.25, 0.3) is 0 Å². The third-order valence-electron chi connectivity index (χ3n) is 2.85. The van der Waals surface area contributed by atoms with Crippen LogP contribution >= 0.6 is 0 Å². The van der Waals surface area contributed by atoms with Gasteiger partial charge in [-0.25, -0.2) is 0 Å². The summed E-state index contributed by atoms with van der Waals surface area (Å²) in [5, 5.41) is 0. The lowest BCUT2D eigenvalue weighted by atomic mass is 10.2. The van der Waals surface area contributed by atoms with Crippen molar-refractivity contribution in [3.8, 4) is 0 Å². The van der Waals surface area contributed by atoms with Crippen molar-refractivity contribution in [1.29, 1.82) is 0 Å². The largest absolute Gasteiger partial charge is 0.367 e. The predicted molar refractivity (Wildman–Crippen MR) is 66.1 cm³/mol. The highest BCUT2D eigenvalue weighted by molar-refractivity contribution is 5.58. The molecular weight excluding hydrogens is 182 g/mol. The van der Waals surface area contributed by atoms with Gasteiger partial charge in [-0.1, -0.05) is 37.3 Å². The molecule has 1 radical (unpaired) electrons. The van der Waals surface area contributed by atoms with E-state index in [9.17, 15) is 0 Å². The molecule has 1 aliphatic heterocycles. The van der Waals surface area contributed by atoms with Gasteiger partial charge in [-0.2, -0.15) is 0 Å². The van der Waals surface area contributed by atoms with Crippen LogP contribution in [0.3, 0.4) is 0 Å². The van der Waals surface area contributed by atoms with Crippen molar-refractivity contribution in [2.75, 3.05) is 18.0 Å². The molecular formula is C14H18N. The lowest BCUT2D eigenvalue weighted by Gasteiger charge is -2.16. The fourth-order valence-corrected chi connectivity index (χ4v) is 2.03. The van der Waals surface area contributed by atoms with Crippen molar-refractivity contribution in [3.05, 3.63) is 48.9 Å². The zero-order chi connectivity index (χ0) is 10.5.